The predicted octanol–water partition coefficient (Wildman–Crippen LogP) is 1.16. The minimum Gasteiger partial charge on any atom is -0.396 e. The van der Waals surface area contributed by atoms with Gasteiger partial charge in [0.2, 0.25) is 0 Å². The molecule has 0 saturated heterocycles. The van der Waals surface area contributed by atoms with Crippen LogP contribution in [0.5, 0.6) is 0 Å². The van der Waals surface area contributed by atoms with Crippen molar-refractivity contribution >= 4 is 33.3 Å². The van der Waals surface area contributed by atoms with E-state index in [-0.39, 0.29) is 12.0 Å². The van der Waals surface area contributed by atoms with Crippen molar-refractivity contribution in [2.24, 2.45) is 0 Å². The van der Waals surface area contributed by atoms with Gasteiger partial charge in [-0.1, -0.05) is 0 Å². The van der Waals surface area contributed by atoms with E-state index in [1.807, 2.05) is 0 Å². The highest BCUT2D eigenvalue weighted by Gasteiger charge is 2.17. The molecule has 1 unspecified atom stereocenters. The molecule has 0 bridgehead atoms. The van der Waals surface area contributed by atoms with Gasteiger partial charge in [0.05, 0.1) is 11.8 Å². The lowest BCUT2D eigenvalue weighted by molar-refractivity contribution is 0.0954. The molecule has 7 heteroatoms. The average Bonchev–Trinajstić information content (AvgIpc) is 2.72. The lowest BCUT2D eigenvalue weighted by Crippen LogP contribution is -2.24. The van der Waals surface area contributed by atoms with Crippen molar-refractivity contribution in [2.75, 3.05) is 12.3 Å². The summed E-state index contributed by atoms with van der Waals surface area (Å²) >= 11 is 1.24. The number of aliphatic hydroxyl groups is 1. The SMILES string of the molecule is CC(O)CCCNC(=O)c1sc2nccnc2c1N. The normalized spacial score (nSPS) is 12.5. The number of nitrogens with zero attached hydrogens (tertiary/aromatic N) is 2. The molecule has 0 aliphatic rings. The van der Waals surface area contributed by atoms with Gasteiger partial charge >= 0.3 is 0 Å². The number of nitrogens with one attached hydrogen (secondary N) is 1. The van der Waals surface area contributed by atoms with Crippen LogP contribution in [-0.4, -0.2) is 33.6 Å². The molecule has 4 N–H and O–H groups in total. The second kappa shape index (κ2) is 5.94. The Hall–Kier alpha value is -1.73. The molecule has 2 aromatic heterocycles. The van der Waals surface area contributed by atoms with Gasteiger partial charge in [0, 0.05) is 18.9 Å². The zero-order valence-electron chi connectivity index (χ0n) is 10.6. The van der Waals surface area contributed by atoms with Gasteiger partial charge in [-0.2, -0.15) is 0 Å². The van der Waals surface area contributed by atoms with Gasteiger partial charge in [-0.15, -0.1) is 11.3 Å². The molecule has 6 nitrogen and oxygen atoms in total. The summed E-state index contributed by atoms with van der Waals surface area (Å²) < 4.78 is 0. The van der Waals surface area contributed by atoms with Gasteiger partial charge in [-0.25, -0.2) is 9.97 Å². The van der Waals surface area contributed by atoms with Gasteiger partial charge in [-0.3, -0.25) is 4.79 Å². The van der Waals surface area contributed by atoms with E-state index in [9.17, 15) is 4.79 Å². The standard InChI is InChI=1S/C12H16N4O2S/c1-7(17)3-2-4-15-11(18)10-8(13)9-12(19-10)16-6-5-14-9/h5-7,17H,2-4,13H2,1H3,(H,15,18). The molecule has 0 aromatic carbocycles. The summed E-state index contributed by atoms with van der Waals surface area (Å²) in [4.78, 5) is 21.3. The molecule has 0 radical (unpaired) electrons. The Bertz CT molecular complexity index is 582. The smallest absolute Gasteiger partial charge is 0.263 e. The van der Waals surface area contributed by atoms with E-state index >= 15 is 0 Å². The van der Waals surface area contributed by atoms with Gasteiger partial charge in [0.15, 0.2) is 0 Å². The average molecular weight is 280 g/mol. The zero-order valence-corrected chi connectivity index (χ0v) is 11.4. The van der Waals surface area contributed by atoms with E-state index in [2.05, 4.69) is 15.3 Å². The van der Waals surface area contributed by atoms with Crippen molar-refractivity contribution in [2.45, 2.75) is 25.9 Å². The molecular weight excluding hydrogens is 264 g/mol. The van der Waals surface area contributed by atoms with Crippen molar-refractivity contribution in [3.8, 4) is 0 Å². The number of nitrogen functional groups attached to an aromatic ring is 1. The van der Waals surface area contributed by atoms with Crippen LogP contribution in [0.15, 0.2) is 12.4 Å². The Morgan fingerprint density at radius 1 is 1.53 bits per heavy atom. The molecule has 2 aromatic rings. The molecule has 2 heterocycles. The number of nitrogens with two attached hydrogens (primary N) is 1. The van der Waals surface area contributed by atoms with Gasteiger partial charge in [-0.05, 0) is 19.8 Å². The molecule has 0 aliphatic heterocycles. The van der Waals surface area contributed by atoms with E-state index in [1.54, 1.807) is 19.3 Å². The van der Waals surface area contributed by atoms with Crippen LogP contribution in [0, 0.1) is 0 Å². The lowest BCUT2D eigenvalue weighted by atomic mass is 10.2. The maximum absolute atomic E-state index is 12.0. The Balaban J connectivity index is 2.03. The van der Waals surface area contributed by atoms with Crippen LogP contribution in [0.2, 0.25) is 0 Å². The van der Waals surface area contributed by atoms with Gasteiger partial charge in [0.25, 0.3) is 5.91 Å². The van der Waals surface area contributed by atoms with Crippen molar-refractivity contribution in [3.63, 3.8) is 0 Å². The van der Waals surface area contributed by atoms with E-state index in [0.717, 1.165) is 6.42 Å². The molecule has 0 fully saturated rings. The summed E-state index contributed by atoms with van der Waals surface area (Å²) in [5.41, 5.74) is 6.85. The summed E-state index contributed by atoms with van der Waals surface area (Å²) in [5, 5.41) is 11.9. The van der Waals surface area contributed by atoms with Crippen LogP contribution < -0.4 is 11.1 Å². The fraction of sp³-hybridized carbons (Fsp3) is 0.417. The third-order valence-electron chi connectivity index (χ3n) is 2.65. The Morgan fingerprint density at radius 3 is 2.95 bits per heavy atom. The third-order valence-corrected chi connectivity index (χ3v) is 3.76. The minimum absolute atomic E-state index is 0.215. The molecule has 1 atom stereocenters. The number of aliphatic hydroxyl groups excluding tert-OH is 1. The zero-order chi connectivity index (χ0) is 13.8. The number of carbonyl (C=O) groups excluding carboxylic acids is 1. The number of aromatic nitrogens is 2. The van der Waals surface area contributed by atoms with Crippen LogP contribution in [0.4, 0.5) is 5.69 Å². The fourth-order valence-corrected chi connectivity index (χ4v) is 2.63. The fourth-order valence-electron chi connectivity index (χ4n) is 1.69. The number of thiophene rings is 1. The quantitative estimate of drug-likeness (QED) is 0.714. The first-order valence-electron chi connectivity index (χ1n) is 6.05. The first-order chi connectivity index (χ1) is 9.09. The first kappa shape index (κ1) is 13.7. The molecular formula is C12H16N4O2S. The highest BCUT2D eigenvalue weighted by atomic mass is 32.1. The van der Waals surface area contributed by atoms with E-state index in [4.69, 9.17) is 10.8 Å². The van der Waals surface area contributed by atoms with Crippen LogP contribution in [-0.2, 0) is 0 Å². The number of rotatable bonds is 5. The monoisotopic (exact) mass is 280 g/mol. The van der Waals surface area contributed by atoms with E-state index in [0.29, 0.717) is 33.9 Å². The van der Waals surface area contributed by atoms with Gasteiger partial charge in [0.1, 0.15) is 15.2 Å². The number of hydrogen-bond acceptors (Lipinski definition) is 6. The summed E-state index contributed by atoms with van der Waals surface area (Å²) in [6.45, 7) is 2.24. The lowest BCUT2D eigenvalue weighted by Gasteiger charge is -2.05. The highest BCUT2D eigenvalue weighted by Crippen LogP contribution is 2.30. The number of amides is 1. The maximum Gasteiger partial charge on any atom is 0.263 e. The number of anilines is 1. The minimum atomic E-state index is -0.348. The van der Waals surface area contributed by atoms with Crippen molar-refractivity contribution < 1.29 is 9.90 Å². The molecule has 0 saturated carbocycles. The predicted molar refractivity (Wildman–Crippen MR) is 75.1 cm³/mol. The van der Waals surface area contributed by atoms with Crippen molar-refractivity contribution in [3.05, 3.63) is 17.3 Å². The first-order valence-corrected chi connectivity index (χ1v) is 6.86. The summed E-state index contributed by atoms with van der Waals surface area (Å²) in [6, 6.07) is 0. The largest absolute Gasteiger partial charge is 0.396 e. The number of fused-ring (bicyclic) bond motifs is 1. The van der Waals surface area contributed by atoms with Crippen LogP contribution >= 0.6 is 11.3 Å². The third kappa shape index (κ3) is 3.18. The van der Waals surface area contributed by atoms with Crippen LogP contribution in [0.25, 0.3) is 10.3 Å². The van der Waals surface area contributed by atoms with Crippen LogP contribution in [0.3, 0.4) is 0 Å². The van der Waals surface area contributed by atoms with Crippen molar-refractivity contribution in [1.82, 2.24) is 15.3 Å². The molecule has 2 rings (SSSR count). The Kier molecular flexibility index (Phi) is 4.28. The highest BCUT2D eigenvalue weighted by molar-refractivity contribution is 7.21. The van der Waals surface area contributed by atoms with Crippen LogP contribution in [0.1, 0.15) is 29.4 Å². The van der Waals surface area contributed by atoms with Gasteiger partial charge < -0.3 is 16.2 Å². The Labute approximate surface area is 114 Å². The maximum atomic E-state index is 12.0. The summed E-state index contributed by atoms with van der Waals surface area (Å²) in [7, 11) is 0. The summed E-state index contributed by atoms with van der Waals surface area (Å²) in [5.74, 6) is -0.215. The number of carbonyl (C=O) groups is 1. The summed E-state index contributed by atoms with van der Waals surface area (Å²) in [6.07, 6.45) is 4.16. The topological polar surface area (TPSA) is 101 Å². The second-order valence-electron chi connectivity index (χ2n) is 4.30. The molecule has 1 amide bonds. The Morgan fingerprint density at radius 2 is 2.26 bits per heavy atom. The molecule has 19 heavy (non-hydrogen) atoms. The van der Waals surface area contributed by atoms with E-state index < -0.39 is 0 Å². The molecule has 0 spiro atoms. The van der Waals surface area contributed by atoms with E-state index in [1.165, 1.54) is 11.3 Å². The number of hydrogen-bond donors (Lipinski definition) is 3. The molecule has 102 valence electrons. The van der Waals surface area contributed by atoms with Crippen molar-refractivity contribution in [1.29, 1.82) is 0 Å². The molecule has 0 aliphatic carbocycles. The second-order valence-corrected chi connectivity index (χ2v) is 5.30.